The van der Waals surface area contributed by atoms with Crippen molar-refractivity contribution in [1.82, 2.24) is 9.88 Å². The van der Waals surface area contributed by atoms with Crippen molar-refractivity contribution < 1.29 is 9.18 Å². The van der Waals surface area contributed by atoms with E-state index in [4.69, 9.17) is 0 Å². The summed E-state index contributed by atoms with van der Waals surface area (Å²) in [5.74, 6) is -0.535. The van der Waals surface area contributed by atoms with Crippen molar-refractivity contribution in [3.05, 3.63) is 63.8 Å². The third-order valence-electron chi connectivity index (χ3n) is 4.35. The van der Waals surface area contributed by atoms with Crippen LogP contribution in [-0.2, 0) is 0 Å². The van der Waals surface area contributed by atoms with Gasteiger partial charge >= 0.3 is 0 Å². The van der Waals surface area contributed by atoms with Gasteiger partial charge in [0.1, 0.15) is 11.4 Å². The molecule has 6 heteroatoms. The van der Waals surface area contributed by atoms with E-state index in [1.165, 1.54) is 12.1 Å². The molecule has 0 bridgehead atoms. The maximum absolute atomic E-state index is 13.4. The normalized spacial score (nSPS) is 17.9. The summed E-state index contributed by atoms with van der Waals surface area (Å²) in [6.45, 7) is 5.40. The number of benzene rings is 1. The first-order valence-corrected chi connectivity index (χ1v) is 7.97. The molecule has 0 spiro atoms. The minimum atomic E-state index is -0.361. The van der Waals surface area contributed by atoms with Gasteiger partial charge in [0.05, 0.1) is 0 Å². The third kappa shape index (κ3) is 3.18. The van der Waals surface area contributed by atoms with E-state index in [1.54, 1.807) is 30.0 Å². The average molecular weight is 329 g/mol. The molecule has 1 amide bonds. The van der Waals surface area contributed by atoms with Crippen molar-refractivity contribution in [2.24, 2.45) is 0 Å². The molecule has 2 aromatic rings. The van der Waals surface area contributed by atoms with Gasteiger partial charge in [-0.15, -0.1) is 0 Å². The van der Waals surface area contributed by atoms with Gasteiger partial charge in [0.2, 0.25) is 0 Å². The van der Waals surface area contributed by atoms with Gasteiger partial charge in [-0.25, -0.2) is 4.39 Å². The van der Waals surface area contributed by atoms with Crippen LogP contribution in [0.15, 0.2) is 41.2 Å². The minimum Gasteiger partial charge on any atom is -0.368 e. The summed E-state index contributed by atoms with van der Waals surface area (Å²) < 4.78 is 13.4. The summed E-state index contributed by atoms with van der Waals surface area (Å²) in [6, 6.07) is 9.67. The predicted octanol–water partition coefficient (Wildman–Crippen LogP) is 2.17. The molecule has 24 heavy (non-hydrogen) atoms. The van der Waals surface area contributed by atoms with Gasteiger partial charge in [-0.3, -0.25) is 9.59 Å². The average Bonchev–Trinajstić information content (AvgIpc) is 2.54. The van der Waals surface area contributed by atoms with E-state index in [-0.39, 0.29) is 28.9 Å². The summed E-state index contributed by atoms with van der Waals surface area (Å²) >= 11 is 0. The maximum Gasteiger partial charge on any atom is 0.260 e. The largest absolute Gasteiger partial charge is 0.368 e. The number of hydrogen-bond donors (Lipinski definition) is 1. The molecule has 1 aromatic heterocycles. The first-order valence-electron chi connectivity index (χ1n) is 7.97. The van der Waals surface area contributed by atoms with Gasteiger partial charge < -0.3 is 14.8 Å². The quantitative estimate of drug-likeness (QED) is 0.919. The van der Waals surface area contributed by atoms with Crippen molar-refractivity contribution in [1.29, 1.82) is 0 Å². The smallest absolute Gasteiger partial charge is 0.260 e. The predicted molar refractivity (Wildman–Crippen MR) is 90.9 cm³/mol. The number of amides is 1. The van der Waals surface area contributed by atoms with Crippen LogP contribution < -0.4 is 10.5 Å². The molecule has 1 fully saturated rings. The molecule has 2 heterocycles. The Labute approximate surface area is 139 Å². The Bertz CT molecular complexity index is 818. The van der Waals surface area contributed by atoms with Crippen LogP contribution in [0, 0.1) is 12.7 Å². The van der Waals surface area contributed by atoms with Crippen LogP contribution in [0.1, 0.15) is 23.0 Å². The molecule has 0 aliphatic carbocycles. The molecule has 126 valence electrons. The van der Waals surface area contributed by atoms with Crippen LogP contribution in [0.5, 0.6) is 0 Å². The van der Waals surface area contributed by atoms with Gasteiger partial charge in [0.15, 0.2) is 0 Å². The second-order valence-electron chi connectivity index (χ2n) is 6.16. The number of H-pyrrole nitrogens is 1. The number of piperazine rings is 1. The monoisotopic (exact) mass is 329 g/mol. The van der Waals surface area contributed by atoms with E-state index in [0.717, 1.165) is 11.4 Å². The van der Waals surface area contributed by atoms with Crippen molar-refractivity contribution in [3.8, 4) is 0 Å². The van der Waals surface area contributed by atoms with Crippen LogP contribution in [-0.4, -0.2) is 41.5 Å². The number of aromatic amines is 1. The molecule has 0 radical (unpaired) electrons. The highest BCUT2D eigenvalue weighted by molar-refractivity contribution is 5.94. The molecule has 3 rings (SSSR count). The molecule has 1 aliphatic heterocycles. The van der Waals surface area contributed by atoms with Gasteiger partial charge in [-0.2, -0.15) is 0 Å². The molecule has 1 saturated heterocycles. The van der Waals surface area contributed by atoms with Crippen molar-refractivity contribution >= 4 is 11.6 Å². The molecular formula is C18H20FN3O2. The Kier molecular flexibility index (Phi) is 4.38. The minimum absolute atomic E-state index is 0.0739. The van der Waals surface area contributed by atoms with Gasteiger partial charge in [0, 0.05) is 37.1 Å². The Hall–Kier alpha value is -2.63. The molecule has 1 unspecified atom stereocenters. The maximum atomic E-state index is 13.4. The lowest BCUT2D eigenvalue weighted by atomic mass is 10.1. The van der Waals surface area contributed by atoms with E-state index in [1.807, 2.05) is 13.0 Å². The summed E-state index contributed by atoms with van der Waals surface area (Å²) in [5.41, 5.74) is 1.33. The van der Waals surface area contributed by atoms with Crippen LogP contribution in [0.25, 0.3) is 0 Å². The highest BCUT2D eigenvalue weighted by Gasteiger charge is 2.29. The highest BCUT2D eigenvalue weighted by Crippen LogP contribution is 2.21. The number of carbonyl (C=O) groups excluding carboxylic acids is 1. The summed E-state index contributed by atoms with van der Waals surface area (Å²) in [4.78, 5) is 31.1. The van der Waals surface area contributed by atoms with Crippen LogP contribution in [0.3, 0.4) is 0 Å². The Morgan fingerprint density at radius 1 is 1.25 bits per heavy atom. The number of anilines is 1. The fourth-order valence-corrected chi connectivity index (χ4v) is 3.06. The first-order chi connectivity index (χ1) is 11.5. The molecule has 0 saturated carbocycles. The number of hydrogen-bond acceptors (Lipinski definition) is 3. The van der Waals surface area contributed by atoms with Gasteiger partial charge in [-0.05, 0) is 44.2 Å². The Balaban J connectivity index is 1.76. The number of aryl methyl sites for hydroxylation is 1. The molecule has 1 atom stereocenters. The lowest BCUT2D eigenvalue weighted by Gasteiger charge is -2.41. The molecule has 1 N–H and O–H groups in total. The molecule has 5 nitrogen and oxygen atoms in total. The standard InChI is InChI=1S/C18H20FN3O2/c1-12-6-7-16(17(23)20-12)18(24)22-9-8-21(11-13(22)2)15-5-3-4-14(19)10-15/h3-7,10,13H,8-9,11H2,1-2H3,(H,20,23). The SMILES string of the molecule is Cc1ccc(C(=O)N2CCN(c3cccc(F)c3)CC2C)c(=O)[nH]1. The van der Waals surface area contributed by atoms with E-state index in [2.05, 4.69) is 9.88 Å². The highest BCUT2D eigenvalue weighted by atomic mass is 19.1. The number of nitrogens with zero attached hydrogens (tertiary/aromatic N) is 2. The van der Waals surface area contributed by atoms with Gasteiger partial charge in [0.25, 0.3) is 11.5 Å². The lowest BCUT2D eigenvalue weighted by Crippen LogP contribution is -2.54. The second-order valence-corrected chi connectivity index (χ2v) is 6.16. The van der Waals surface area contributed by atoms with E-state index in [0.29, 0.717) is 19.6 Å². The van der Waals surface area contributed by atoms with Crippen LogP contribution in [0.4, 0.5) is 10.1 Å². The zero-order chi connectivity index (χ0) is 17.3. The first kappa shape index (κ1) is 16.2. The topological polar surface area (TPSA) is 56.4 Å². The zero-order valence-corrected chi connectivity index (χ0v) is 13.8. The number of rotatable bonds is 2. The third-order valence-corrected chi connectivity index (χ3v) is 4.35. The van der Waals surface area contributed by atoms with Gasteiger partial charge in [-0.1, -0.05) is 6.07 Å². The molecule has 1 aromatic carbocycles. The summed E-state index contributed by atoms with van der Waals surface area (Å²) in [6.07, 6.45) is 0. The second kappa shape index (κ2) is 6.47. The molecular weight excluding hydrogens is 309 g/mol. The number of pyridine rings is 1. The van der Waals surface area contributed by atoms with E-state index >= 15 is 0 Å². The van der Waals surface area contributed by atoms with Crippen molar-refractivity contribution in [2.45, 2.75) is 19.9 Å². The summed E-state index contributed by atoms with van der Waals surface area (Å²) in [5, 5.41) is 0. The Morgan fingerprint density at radius 2 is 2.04 bits per heavy atom. The fourth-order valence-electron chi connectivity index (χ4n) is 3.06. The number of nitrogens with one attached hydrogen (secondary N) is 1. The van der Waals surface area contributed by atoms with Crippen molar-refractivity contribution in [3.63, 3.8) is 0 Å². The summed E-state index contributed by atoms with van der Waals surface area (Å²) in [7, 11) is 0. The zero-order valence-electron chi connectivity index (χ0n) is 13.8. The van der Waals surface area contributed by atoms with E-state index < -0.39 is 0 Å². The van der Waals surface area contributed by atoms with E-state index in [9.17, 15) is 14.0 Å². The Morgan fingerprint density at radius 3 is 2.71 bits per heavy atom. The lowest BCUT2D eigenvalue weighted by molar-refractivity contribution is 0.0672. The number of halogens is 1. The fraction of sp³-hybridized carbons (Fsp3) is 0.333. The number of aromatic nitrogens is 1. The van der Waals surface area contributed by atoms with Crippen LogP contribution >= 0.6 is 0 Å². The number of carbonyl (C=O) groups is 1. The van der Waals surface area contributed by atoms with Crippen molar-refractivity contribution in [2.75, 3.05) is 24.5 Å². The molecule has 1 aliphatic rings. The van der Waals surface area contributed by atoms with Crippen LogP contribution in [0.2, 0.25) is 0 Å².